The molecule has 120 valence electrons. The highest BCUT2D eigenvalue weighted by Gasteiger charge is 2.22. The zero-order valence-electron chi connectivity index (χ0n) is 13.3. The second-order valence-corrected chi connectivity index (χ2v) is 5.68. The standard InChI is InChI=1S/C14H27N5O2/c1-12(20)18-4-6-19(7-5-18)14(15-2)16-10-13-11-17(3)8-9-21-13/h13H,4-11H2,1-3H3,(H,15,16). The van der Waals surface area contributed by atoms with Gasteiger partial charge in [-0.3, -0.25) is 9.79 Å². The number of nitrogens with zero attached hydrogens (tertiary/aromatic N) is 4. The highest BCUT2D eigenvalue weighted by atomic mass is 16.5. The molecular formula is C14H27N5O2. The van der Waals surface area contributed by atoms with Gasteiger partial charge >= 0.3 is 0 Å². The lowest BCUT2D eigenvalue weighted by molar-refractivity contribution is -0.130. The summed E-state index contributed by atoms with van der Waals surface area (Å²) in [6, 6.07) is 0. The first-order chi connectivity index (χ1) is 10.1. The number of nitrogens with one attached hydrogen (secondary N) is 1. The van der Waals surface area contributed by atoms with E-state index < -0.39 is 0 Å². The van der Waals surface area contributed by atoms with Crippen molar-refractivity contribution in [2.45, 2.75) is 13.0 Å². The second-order valence-electron chi connectivity index (χ2n) is 5.68. The molecular weight excluding hydrogens is 270 g/mol. The van der Waals surface area contributed by atoms with Gasteiger partial charge in [0.1, 0.15) is 0 Å². The van der Waals surface area contributed by atoms with E-state index in [9.17, 15) is 4.79 Å². The fourth-order valence-corrected chi connectivity index (χ4v) is 2.76. The van der Waals surface area contributed by atoms with E-state index in [1.807, 2.05) is 4.90 Å². The van der Waals surface area contributed by atoms with Crippen molar-refractivity contribution in [3.8, 4) is 0 Å². The van der Waals surface area contributed by atoms with Crippen LogP contribution in [0.5, 0.6) is 0 Å². The van der Waals surface area contributed by atoms with Crippen LogP contribution < -0.4 is 5.32 Å². The number of morpholine rings is 1. The Labute approximate surface area is 126 Å². The maximum absolute atomic E-state index is 11.3. The Balaban J connectivity index is 1.77. The first-order valence-corrected chi connectivity index (χ1v) is 7.61. The number of amides is 1. The number of ether oxygens (including phenoxy) is 1. The molecule has 0 aromatic carbocycles. The van der Waals surface area contributed by atoms with Gasteiger partial charge in [-0.25, -0.2) is 0 Å². The van der Waals surface area contributed by atoms with Gasteiger partial charge < -0.3 is 24.8 Å². The molecule has 2 aliphatic rings. The highest BCUT2D eigenvalue weighted by molar-refractivity contribution is 5.80. The molecule has 0 saturated carbocycles. The van der Waals surface area contributed by atoms with Crippen LogP contribution in [0, 0.1) is 0 Å². The minimum Gasteiger partial charge on any atom is -0.374 e. The van der Waals surface area contributed by atoms with Gasteiger partial charge in [0.25, 0.3) is 0 Å². The lowest BCUT2D eigenvalue weighted by Crippen LogP contribution is -2.55. The Morgan fingerprint density at radius 3 is 2.48 bits per heavy atom. The van der Waals surface area contributed by atoms with E-state index in [0.717, 1.165) is 58.4 Å². The topological polar surface area (TPSA) is 60.4 Å². The summed E-state index contributed by atoms with van der Waals surface area (Å²) in [5.74, 6) is 1.05. The average molecular weight is 297 g/mol. The van der Waals surface area contributed by atoms with Crippen LogP contribution in [0.25, 0.3) is 0 Å². The van der Waals surface area contributed by atoms with Gasteiger partial charge in [-0.2, -0.15) is 0 Å². The second kappa shape index (κ2) is 7.61. The van der Waals surface area contributed by atoms with E-state index in [1.54, 1.807) is 14.0 Å². The summed E-state index contributed by atoms with van der Waals surface area (Å²) in [5.41, 5.74) is 0. The third kappa shape index (κ3) is 4.57. The molecule has 1 amide bonds. The summed E-state index contributed by atoms with van der Waals surface area (Å²) in [7, 11) is 3.92. The van der Waals surface area contributed by atoms with E-state index in [4.69, 9.17) is 4.74 Å². The number of guanidine groups is 1. The maximum Gasteiger partial charge on any atom is 0.219 e. The summed E-state index contributed by atoms with van der Waals surface area (Å²) in [5, 5.41) is 3.39. The van der Waals surface area contributed by atoms with Crippen molar-refractivity contribution in [3.05, 3.63) is 0 Å². The predicted molar refractivity (Wildman–Crippen MR) is 82.4 cm³/mol. The Morgan fingerprint density at radius 1 is 1.24 bits per heavy atom. The van der Waals surface area contributed by atoms with Crippen LogP contribution in [0.4, 0.5) is 0 Å². The largest absolute Gasteiger partial charge is 0.374 e. The third-order valence-electron chi connectivity index (χ3n) is 4.07. The maximum atomic E-state index is 11.3. The van der Waals surface area contributed by atoms with Crippen LogP contribution >= 0.6 is 0 Å². The first kappa shape index (κ1) is 16.0. The van der Waals surface area contributed by atoms with Gasteiger partial charge in [0.15, 0.2) is 5.96 Å². The molecule has 2 rings (SSSR count). The normalized spacial score (nSPS) is 25.1. The Hall–Kier alpha value is -1.34. The van der Waals surface area contributed by atoms with Crippen LogP contribution in [-0.4, -0.2) is 99.2 Å². The fraction of sp³-hybridized carbons (Fsp3) is 0.857. The summed E-state index contributed by atoms with van der Waals surface area (Å²) in [6.07, 6.45) is 0.207. The van der Waals surface area contributed by atoms with Crippen LogP contribution in [-0.2, 0) is 9.53 Å². The Bertz CT molecular complexity index is 380. The molecule has 0 aliphatic carbocycles. The van der Waals surface area contributed by atoms with E-state index in [2.05, 4.69) is 27.2 Å². The zero-order chi connectivity index (χ0) is 15.2. The van der Waals surface area contributed by atoms with E-state index in [0.29, 0.717) is 0 Å². The first-order valence-electron chi connectivity index (χ1n) is 7.61. The van der Waals surface area contributed by atoms with Gasteiger partial charge in [-0.05, 0) is 7.05 Å². The molecule has 0 aromatic rings. The minimum atomic E-state index is 0.149. The summed E-state index contributed by atoms with van der Waals surface area (Å²) in [4.78, 5) is 22.1. The number of hydrogen-bond acceptors (Lipinski definition) is 4. The van der Waals surface area contributed by atoms with Crippen LogP contribution in [0.3, 0.4) is 0 Å². The average Bonchev–Trinajstić information content (AvgIpc) is 2.48. The van der Waals surface area contributed by atoms with E-state index in [-0.39, 0.29) is 12.0 Å². The van der Waals surface area contributed by atoms with Crippen LogP contribution in [0.1, 0.15) is 6.92 Å². The molecule has 7 nitrogen and oxygen atoms in total. The van der Waals surface area contributed by atoms with Gasteiger partial charge in [0, 0.05) is 59.8 Å². The molecule has 0 aromatic heterocycles. The molecule has 2 fully saturated rings. The van der Waals surface area contributed by atoms with Gasteiger partial charge in [-0.1, -0.05) is 0 Å². The number of aliphatic imine (C=N–C) groups is 1. The number of likely N-dealkylation sites (N-methyl/N-ethyl adjacent to an activating group) is 1. The minimum absolute atomic E-state index is 0.149. The molecule has 0 radical (unpaired) electrons. The van der Waals surface area contributed by atoms with Crippen molar-refractivity contribution in [2.75, 3.05) is 66.5 Å². The van der Waals surface area contributed by atoms with Gasteiger partial charge in [0.05, 0.1) is 12.7 Å². The predicted octanol–water partition coefficient (Wildman–Crippen LogP) is -0.943. The monoisotopic (exact) mass is 297 g/mol. The van der Waals surface area contributed by atoms with Crippen molar-refractivity contribution in [2.24, 2.45) is 4.99 Å². The lowest BCUT2D eigenvalue weighted by atomic mass is 10.3. The molecule has 21 heavy (non-hydrogen) atoms. The smallest absolute Gasteiger partial charge is 0.219 e. The SMILES string of the molecule is CN=C(NCC1CN(C)CCO1)N1CCN(C(C)=O)CC1. The van der Waals surface area contributed by atoms with Crippen molar-refractivity contribution < 1.29 is 9.53 Å². The number of carbonyl (C=O) groups excluding carboxylic acids is 1. The highest BCUT2D eigenvalue weighted by Crippen LogP contribution is 2.04. The quantitative estimate of drug-likeness (QED) is 0.526. The van der Waals surface area contributed by atoms with Crippen molar-refractivity contribution in [1.29, 1.82) is 0 Å². The summed E-state index contributed by atoms with van der Waals surface area (Å²) < 4.78 is 5.75. The molecule has 1 unspecified atom stereocenters. The zero-order valence-corrected chi connectivity index (χ0v) is 13.3. The molecule has 1 atom stereocenters. The molecule has 2 saturated heterocycles. The Morgan fingerprint density at radius 2 is 1.90 bits per heavy atom. The molecule has 2 heterocycles. The number of rotatable bonds is 2. The Kier molecular flexibility index (Phi) is 5.81. The van der Waals surface area contributed by atoms with Crippen molar-refractivity contribution in [3.63, 3.8) is 0 Å². The lowest BCUT2D eigenvalue weighted by Gasteiger charge is -2.37. The fourth-order valence-electron chi connectivity index (χ4n) is 2.76. The van der Waals surface area contributed by atoms with E-state index in [1.165, 1.54) is 0 Å². The molecule has 0 bridgehead atoms. The summed E-state index contributed by atoms with van der Waals surface area (Å²) >= 11 is 0. The third-order valence-corrected chi connectivity index (χ3v) is 4.07. The number of carbonyl (C=O) groups is 1. The number of piperazine rings is 1. The molecule has 0 spiro atoms. The van der Waals surface area contributed by atoms with Gasteiger partial charge in [-0.15, -0.1) is 0 Å². The van der Waals surface area contributed by atoms with Crippen molar-refractivity contribution >= 4 is 11.9 Å². The number of hydrogen-bond donors (Lipinski definition) is 1. The van der Waals surface area contributed by atoms with E-state index >= 15 is 0 Å². The summed E-state index contributed by atoms with van der Waals surface area (Å²) in [6.45, 7) is 8.30. The van der Waals surface area contributed by atoms with Crippen LogP contribution in [0.2, 0.25) is 0 Å². The molecule has 2 aliphatic heterocycles. The van der Waals surface area contributed by atoms with Gasteiger partial charge in [0.2, 0.25) is 5.91 Å². The van der Waals surface area contributed by atoms with Crippen molar-refractivity contribution in [1.82, 2.24) is 20.0 Å². The molecule has 1 N–H and O–H groups in total. The molecule has 7 heteroatoms. The van der Waals surface area contributed by atoms with Crippen LogP contribution in [0.15, 0.2) is 4.99 Å².